The van der Waals surface area contributed by atoms with Crippen LogP contribution in [0.4, 0.5) is 0 Å². The van der Waals surface area contributed by atoms with Gasteiger partial charge >= 0.3 is 5.97 Å². The monoisotopic (exact) mass is 312 g/mol. The first-order chi connectivity index (χ1) is 10.7. The molecule has 1 fully saturated rings. The number of ether oxygens (including phenoxy) is 3. The van der Waals surface area contributed by atoms with Crippen LogP contribution in [0.1, 0.15) is 51.2 Å². The van der Waals surface area contributed by atoms with E-state index in [0.29, 0.717) is 18.3 Å². The van der Waals surface area contributed by atoms with E-state index in [2.05, 4.69) is 17.1 Å². The summed E-state index contributed by atoms with van der Waals surface area (Å²) < 4.78 is 21.1. The molecule has 2 rings (SSSR count). The maximum absolute atomic E-state index is 11.8. The van der Waals surface area contributed by atoms with Gasteiger partial charge in [0.25, 0.3) is 5.89 Å². The Kier molecular flexibility index (Phi) is 6.79. The second kappa shape index (κ2) is 8.85. The standard InChI is InChI=1S/C15H24N2O5/c1-3-4-7-13-16-14(22-17-13)10-21-15(18)11(2)20-9-12-6-5-8-19-12/h11-12H,3-10H2,1-2H3. The number of aryl methyl sites for hydroxylation is 1. The van der Waals surface area contributed by atoms with Crippen molar-refractivity contribution >= 4 is 5.97 Å². The van der Waals surface area contributed by atoms with Gasteiger partial charge in [-0.25, -0.2) is 4.79 Å². The van der Waals surface area contributed by atoms with E-state index in [-0.39, 0.29) is 12.7 Å². The molecular weight excluding hydrogens is 288 g/mol. The number of carbonyl (C=O) groups is 1. The average molecular weight is 312 g/mol. The fourth-order valence-electron chi connectivity index (χ4n) is 2.13. The lowest BCUT2D eigenvalue weighted by molar-refractivity contribution is -0.160. The molecule has 0 N–H and O–H groups in total. The van der Waals surface area contributed by atoms with Crippen molar-refractivity contribution < 1.29 is 23.5 Å². The summed E-state index contributed by atoms with van der Waals surface area (Å²) >= 11 is 0. The third-order valence-electron chi connectivity index (χ3n) is 3.49. The van der Waals surface area contributed by atoms with Crippen LogP contribution < -0.4 is 0 Å². The topological polar surface area (TPSA) is 83.7 Å². The van der Waals surface area contributed by atoms with Crippen LogP contribution in [-0.2, 0) is 32.0 Å². The van der Waals surface area contributed by atoms with Gasteiger partial charge < -0.3 is 18.7 Å². The number of rotatable bonds is 9. The minimum absolute atomic E-state index is 0.0222. The molecule has 0 aliphatic carbocycles. The van der Waals surface area contributed by atoms with Gasteiger partial charge in [-0.2, -0.15) is 4.98 Å². The summed E-state index contributed by atoms with van der Waals surface area (Å²) in [6, 6.07) is 0. The molecule has 2 unspecified atom stereocenters. The van der Waals surface area contributed by atoms with Crippen molar-refractivity contribution in [1.82, 2.24) is 10.1 Å². The quantitative estimate of drug-likeness (QED) is 0.645. The maximum atomic E-state index is 11.8. The summed E-state index contributed by atoms with van der Waals surface area (Å²) in [5, 5.41) is 3.84. The molecule has 0 bridgehead atoms. The largest absolute Gasteiger partial charge is 0.454 e. The number of unbranched alkanes of at least 4 members (excludes halogenated alkanes) is 1. The molecule has 0 radical (unpaired) electrons. The predicted molar refractivity (Wildman–Crippen MR) is 77.1 cm³/mol. The Labute approximate surface area is 130 Å². The third-order valence-corrected chi connectivity index (χ3v) is 3.49. The predicted octanol–water partition coefficient (Wildman–Crippen LogP) is 2.04. The van der Waals surface area contributed by atoms with E-state index in [0.717, 1.165) is 38.7 Å². The Hall–Kier alpha value is -1.47. The molecule has 7 nitrogen and oxygen atoms in total. The summed E-state index contributed by atoms with van der Waals surface area (Å²) in [5.74, 6) is 0.521. The van der Waals surface area contributed by atoms with Gasteiger partial charge in [0.2, 0.25) is 0 Å². The second-order valence-corrected chi connectivity index (χ2v) is 5.43. The molecule has 22 heavy (non-hydrogen) atoms. The van der Waals surface area contributed by atoms with Crippen LogP contribution in [-0.4, -0.2) is 41.5 Å². The molecule has 0 aromatic carbocycles. The number of carbonyl (C=O) groups excluding carboxylic acids is 1. The lowest BCUT2D eigenvalue weighted by atomic mass is 10.2. The fraction of sp³-hybridized carbons (Fsp3) is 0.800. The minimum Gasteiger partial charge on any atom is -0.454 e. The molecule has 2 atom stereocenters. The zero-order chi connectivity index (χ0) is 15.8. The van der Waals surface area contributed by atoms with Crippen molar-refractivity contribution in [3.63, 3.8) is 0 Å². The second-order valence-electron chi connectivity index (χ2n) is 5.43. The maximum Gasteiger partial charge on any atom is 0.335 e. The van der Waals surface area contributed by atoms with Crippen LogP contribution in [0.25, 0.3) is 0 Å². The van der Waals surface area contributed by atoms with Gasteiger partial charge in [0.1, 0.15) is 0 Å². The van der Waals surface area contributed by atoms with Crippen LogP contribution in [0.5, 0.6) is 0 Å². The number of esters is 1. The lowest BCUT2D eigenvalue weighted by Gasteiger charge is -2.14. The van der Waals surface area contributed by atoms with E-state index in [4.69, 9.17) is 18.7 Å². The van der Waals surface area contributed by atoms with E-state index < -0.39 is 12.1 Å². The first-order valence-electron chi connectivity index (χ1n) is 7.90. The molecule has 1 aliphatic heterocycles. The van der Waals surface area contributed by atoms with Crippen molar-refractivity contribution in [3.05, 3.63) is 11.7 Å². The summed E-state index contributed by atoms with van der Waals surface area (Å²) in [4.78, 5) is 16.0. The highest BCUT2D eigenvalue weighted by Crippen LogP contribution is 2.13. The Morgan fingerprint density at radius 2 is 2.36 bits per heavy atom. The van der Waals surface area contributed by atoms with Gasteiger partial charge in [-0.15, -0.1) is 0 Å². The van der Waals surface area contributed by atoms with Crippen molar-refractivity contribution in [2.24, 2.45) is 0 Å². The van der Waals surface area contributed by atoms with E-state index in [1.807, 2.05) is 0 Å². The van der Waals surface area contributed by atoms with Crippen LogP contribution in [0.3, 0.4) is 0 Å². The number of nitrogens with zero attached hydrogens (tertiary/aromatic N) is 2. The summed E-state index contributed by atoms with van der Waals surface area (Å²) in [6.45, 7) is 4.92. The Morgan fingerprint density at radius 1 is 1.50 bits per heavy atom. The molecule has 1 aliphatic rings. The molecule has 0 spiro atoms. The van der Waals surface area contributed by atoms with Gasteiger partial charge in [-0.1, -0.05) is 18.5 Å². The molecule has 7 heteroatoms. The summed E-state index contributed by atoms with van der Waals surface area (Å²) in [5.41, 5.74) is 0. The smallest absolute Gasteiger partial charge is 0.335 e. The highest BCUT2D eigenvalue weighted by molar-refractivity contribution is 5.74. The molecule has 2 heterocycles. The van der Waals surface area contributed by atoms with Crippen molar-refractivity contribution in [2.75, 3.05) is 13.2 Å². The molecule has 124 valence electrons. The van der Waals surface area contributed by atoms with Crippen molar-refractivity contribution in [1.29, 1.82) is 0 Å². The van der Waals surface area contributed by atoms with Crippen molar-refractivity contribution in [2.45, 2.75) is 64.8 Å². The van der Waals surface area contributed by atoms with Crippen LogP contribution in [0, 0.1) is 0 Å². The van der Waals surface area contributed by atoms with Gasteiger partial charge in [0.05, 0.1) is 12.7 Å². The van der Waals surface area contributed by atoms with Gasteiger partial charge in [0, 0.05) is 13.0 Å². The first kappa shape index (κ1) is 16.9. The molecule has 0 amide bonds. The lowest BCUT2D eigenvalue weighted by Crippen LogP contribution is -2.27. The molecule has 1 saturated heterocycles. The molecule has 1 aromatic rings. The molecular formula is C15H24N2O5. The molecule has 1 aromatic heterocycles. The highest BCUT2D eigenvalue weighted by Gasteiger charge is 2.21. The van der Waals surface area contributed by atoms with Gasteiger partial charge in [0.15, 0.2) is 18.5 Å². The van der Waals surface area contributed by atoms with Gasteiger partial charge in [-0.05, 0) is 26.2 Å². The number of aromatic nitrogens is 2. The third kappa shape index (κ3) is 5.38. The Balaban J connectivity index is 1.66. The fourth-order valence-corrected chi connectivity index (χ4v) is 2.13. The van der Waals surface area contributed by atoms with Gasteiger partial charge in [-0.3, -0.25) is 0 Å². The Morgan fingerprint density at radius 3 is 3.09 bits per heavy atom. The van der Waals surface area contributed by atoms with E-state index in [9.17, 15) is 4.79 Å². The summed E-state index contributed by atoms with van der Waals surface area (Å²) in [7, 11) is 0. The van der Waals surface area contributed by atoms with Crippen LogP contribution >= 0.6 is 0 Å². The SMILES string of the molecule is CCCCc1noc(COC(=O)C(C)OCC2CCCO2)n1. The zero-order valence-electron chi connectivity index (χ0n) is 13.2. The van der Waals surface area contributed by atoms with Crippen LogP contribution in [0.15, 0.2) is 4.52 Å². The normalized spacial score (nSPS) is 19.3. The molecule has 0 saturated carbocycles. The minimum atomic E-state index is -0.633. The zero-order valence-corrected chi connectivity index (χ0v) is 13.2. The Bertz CT molecular complexity index is 457. The van der Waals surface area contributed by atoms with E-state index >= 15 is 0 Å². The van der Waals surface area contributed by atoms with E-state index in [1.165, 1.54) is 0 Å². The number of hydrogen-bond acceptors (Lipinski definition) is 7. The number of hydrogen-bond donors (Lipinski definition) is 0. The van der Waals surface area contributed by atoms with Crippen molar-refractivity contribution in [3.8, 4) is 0 Å². The average Bonchev–Trinajstić information content (AvgIpc) is 3.19. The highest BCUT2D eigenvalue weighted by atomic mass is 16.6. The first-order valence-corrected chi connectivity index (χ1v) is 7.90. The van der Waals surface area contributed by atoms with Crippen LogP contribution in [0.2, 0.25) is 0 Å². The van der Waals surface area contributed by atoms with E-state index in [1.54, 1.807) is 6.92 Å². The summed E-state index contributed by atoms with van der Waals surface area (Å²) in [6.07, 6.45) is 4.33.